The zero-order valence-corrected chi connectivity index (χ0v) is 10.1. The second kappa shape index (κ2) is 4.63. The van der Waals surface area contributed by atoms with Gasteiger partial charge in [-0.3, -0.25) is 0 Å². The summed E-state index contributed by atoms with van der Waals surface area (Å²) in [6.07, 6.45) is 1.98. The van der Waals surface area contributed by atoms with Crippen LogP contribution in [0.15, 0.2) is 12.1 Å². The molecule has 0 saturated heterocycles. The molecule has 3 nitrogen and oxygen atoms in total. The molecule has 1 N–H and O–H groups in total. The smallest absolute Gasteiger partial charge is 0.165 e. The Morgan fingerprint density at radius 1 is 1.35 bits per heavy atom. The Labute approximate surface area is 100 Å². The lowest BCUT2D eigenvalue weighted by atomic mass is 10.0. The van der Waals surface area contributed by atoms with Gasteiger partial charge in [0, 0.05) is 19.1 Å². The van der Waals surface area contributed by atoms with Crippen LogP contribution in [-0.2, 0) is 17.8 Å². The first-order chi connectivity index (χ1) is 8.08. The minimum Gasteiger partial charge on any atom is -0.493 e. The van der Waals surface area contributed by atoms with Crippen LogP contribution in [-0.4, -0.2) is 24.9 Å². The summed E-state index contributed by atoms with van der Waals surface area (Å²) in [6, 6.07) is 3.24. The van der Waals surface area contributed by atoms with E-state index in [9.17, 15) is 9.50 Å². The number of rotatable bonds is 5. The monoisotopic (exact) mass is 240 g/mol. The van der Waals surface area contributed by atoms with Crippen LogP contribution in [0.3, 0.4) is 0 Å². The normalized spacial score (nSPS) is 16.9. The first-order valence-electron chi connectivity index (χ1n) is 5.64. The molecule has 0 unspecified atom stereocenters. The third-order valence-corrected chi connectivity index (χ3v) is 3.04. The summed E-state index contributed by atoms with van der Waals surface area (Å²) in [6.45, 7) is 0.354. The van der Waals surface area contributed by atoms with E-state index < -0.39 is 11.4 Å². The molecule has 2 rings (SSSR count). The number of ether oxygens (including phenoxy) is 2. The molecule has 94 valence electrons. The average Bonchev–Trinajstić information content (AvgIpc) is 2.96. The molecule has 0 amide bonds. The summed E-state index contributed by atoms with van der Waals surface area (Å²) in [5.74, 6) is -0.175. The minimum absolute atomic E-state index is 0.227. The molecular formula is C13H17FO3. The molecule has 0 radical (unpaired) electrons. The van der Waals surface area contributed by atoms with Crippen molar-refractivity contribution in [3.63, 3.8) is 0 Å². The number of aliphatic hydroxyl groups is 1. The van der Waals surface area contributed by atoms with Crippen molar-refractivity contribution >= 4 is 0 Å². The highest BCUT2D eigenvalue weighted by Gasteiger charge is 2.41. The van der Waals surface area contributed by atoms with Gasteiger partial charge in [0.2, 0.25) is 0 Å². The van der Waals surface area contributed by atoms with Gasteiger partial charge in [-0.15, -0.1) is 0 Å². The molecule has 17 heavy (non-hydrogen) atoms. The van der Waals surface area contributed by atoms with Crippen molar-refractivity contribution in [2.75, 3.05) is 14.2 Å². The fourth-order valence-corrected chi connectivity index (χ4v) is 2.00. The Hall–Kier alpha value is -1.13. The first kappa shape index (κ1) is 12.3. The third kappa shape index (κ3) is 2.76. The van der Waals surface area contributed by atoms with Crippen LogP contribution >= 0.6 is 0 Å². The second-order valence-electron chi connectivity index (χ2n) is 4.60. The molecule has 1 aliphatic carbocycles. The molecule has 1 fully saturated rings. The quantitative estimate of drug-likeness (QED) is 0.856. The van der Waals surface area contributed by atoms with Crippen LogP contribution in [0.2, 0.25) is 0 Å². The second-order valence-corrected chi connectivity index (χ2v) is 4.60. The van der Waals surface area contributed by atoms with E-state index >= 15 is 0 Å². The standard InChI is InChI=1S/C13H17FO3/c1-16-8-9-5-10(7-13(15)3-4-13)12(17-2)11(14)6-9/h5-6,15H,3-4,7-8H2,1-2H3. The predicted octanol–water partition coefficient (Wildman–Crippen LogP) is 2.05. The lowest BCUT2D eigenvalue weighted by Gasteiger charge is -2.14. The summed E-state index contributed by atoms with van der Waals surface area (Å²) < 4.78 is 23.8. The van der Waals surface area contributed by atoms with Crippen molar-refractivity contribution in [3.05, 3.63) is 29.1 Å². The largest absolute Gasteiger partial charge is 0.493 e. The summed E-state index contributed by atoms with van der Waals surface area (Å²) in [4.78, 5) is 0. The fourth-order valence-electron chi connectivity index (χ4n) is 2.00. The van der Waals surface area contributed by atoms with Gasteiger partial charge in [0.1, 0.15) is 0 Å². The van der Waals surface area contributed by atoms with Crippen molar-refractivity contribution in [2.45, 2.75) is 31.5 Å². The highest BCUT2D eigenvalue weighted by molar-refractivity contribution is 5.40. The number of benzene rings is 1. The van der Waals surface area contributed by atoms with Crippen LogP contribution < -0.4 is 4.74 Å². The van der Waals surface area contributed by atoms with Crippen molar-refractivity contribution in [1.29, 1.82) is 0 Å². The van der Waals surface area contributed by atoms with Crippen LogP contribution in [0.5, 0.6) is 5.75 Å². The molecule has 1 aromatic rings. The van der Waals surface area contributed by atoms with E-state index in [4.69, 9.17) is 9.47 Å². The first-order valence-corrected chi connectivity index (χ1v) is 5.64. The Bertz CT molecular complexity index is 413. The lowest BCUT2D eigenvalue weighted by molar-refractivity contribution is 0.149. The van der Waals surface area contributed by atoms with Crippen molar-refractivity contribution in [3.8, 4) is 5.75 Å². The van der Waals surface area contributed by atoms with Gasteiger partial charge in [-0.05, 0) is 30.5 Å². The van der Waals surface area contributed by atoms with E-state index in [-0.39, 0.29) is 5.75 Å². The van der Waals surface area contributed by atoms with Gasteiger partial charge in [0.15, 0.2) is 11.6 Å². The molecule has 0 bridgehead atoms. The van der Waals surface area contributed by atoms with Gasteiger partial charge in [-0.2, -0.15) is 0 Å². The SMILES string of the molecule is COCc1cc(F)c(OC)c(CC2(O)CC2)c1. The number of methoxy groups -OCH3 is 2. The summed E-state index contributed by atoms with van der Waals surface area (Å²) in [7, 11) is 3.01. The average molecular weight is 240 g/mol. The molecule has 1 aromatic carbocycles. The van der Waals surface area contributed by atoms with Crippen molar-refractivity contribution in [2.24, 2.45) is 0 Å². The van der Waals surface area contributed by atoms with E-state index in [2.05, 4.69) is 0 Å². The molecule has 1 saturated carbocycles. The maximum Gasteiger partial charge on any atom is 0.165 e. The zero-order valence-electron chi connectivity index (χ0n) is 10.1. The Morgan fingerprint density at radius 3 is 2.59 bits per heavy atom. The molecule has 0 heterocycles. The Balaban J connectivity index is 2.31. The summed E-state index contributed by atoms with van der Waals surface area (Å²) in [5, 5.41) is 9.90. The van der Waals surface area contributed by atoms with E-state index in [1.54, 1.807) is 7.11 Å². The molecule has 0 spiro atoms. The van der Waals surface area contributed by atoms with Gasteiger partial charge >= 0.3 is 0 Å². The summed E-state index contributed by atoms with van der Waals surface area (Å²) >= 11 is 0. The van der Waals surface area contributed by atoms with Crippen LogP contribution in [0, 0.1) is 5.82 Å². The van der Waals surface area contributed by atoms with Crippen LogP contribution in [0.1, 0.15) is 24.0 Å². The van der Waals surface area contributed by atoms with E-state index in [0.717, 1.165) is 18.4 Å². The Morgan fingerprint density at radius 2 is 2.06 bits per heavy atom. The predicted molar refractivity (Wildman–Crippen MR) is 61.6 cm³/mol. The Kier molecular flexibility index (Phi) is 3.35. The number of halogens is 1. The topological polar surface area (TPSA) is 38.7 Å². The molecule has 4 heteroatoms. The number of hydrogen-bond acceptors (Lipinski definition) is 3. The zero-order chi connectivity index (χ0) is 12.5. The molecular weight excluding hydrogens is 223 g/mol. The van der Waals surface area contributed by atoms with Crippen LogP contribution in [0.25, 0.3) is 0 Å². The molecule has 0 atom stereocenters. The van der Waals surface area contributed by atoms with Crippen molar-refractivity contribution < 1.29 is 19.0 Å². The molecule has 0 aliphatic heterocycles. The number of hydrogen-bond donors (Lipinski definition) is 1. The minimum atomic E-state index is -0.661. The molecule has 0 aromatic heterocycles. The van der Waals surface area contributed by atoms with E-state index in [0.29, 0.717) is 18.6 Å². The van der Waals surface area contributed by atoms with E-state index in [1.165, 1.54) is 13.2 Å². The third-order valence-electron chi connectivity index (χ3n) is 3.04. The highest BCUT2D eigenvalue weighted by Crippen LogP contribution is 2.40. The van der Waals surface area contributed by atoms with Crippen molar-refractivity contribution in [1.82, 2.24) is 0 Å². The van der Waals surface area contributed by atoms with Crippen LogP contribution in [0.4, 0.5) is 4.39 Å². The van der Waals surface area contributed by atoms with Gasteiger partial charge in [0.05, 0.1) is 19.3 Å². The van der Waals surface area contributed by atoms with E-state index in [1.807, 2.05) is 6.07 Å². The van der Waals surface area contributed by atoms with Gasteiger partial charge in [0.25, 0.3) is 0 Å². The van der Waals surface area contributed by atoms with Gasteiger partial charge < -0.3 is 14.6 Å². The maximum atomic E-state index is 13.8. The lowest BCUT2D eigenvalue weighted by Crippen LogP contribution is -2.12. The fraction of sp³-hybridized carbons (Fsp3) is 0.538. The van der Waals surface area contributed by atoms with Gasteiger partial charge in [-0.25, -0.2) is 4.39 Å². The van der Waals surface area contributed by atoms with Gasteiger partial charge in [-0.1, -0.05) is 0 Å². The molecule has 1 aliphatic rings. The highest BCUT2D eigenvalue weighted by atomic mass is 19.1. The summed E-state index contributed by atoms with van der Waals surface area (Å²) in [5.41, 5.74) is 0.801. The maximum absolute atomic E-state index is 13.8.